The highest BCUT2D eigenvalue weighted by atomic mass is 16.8. The van der Waals surface area contributed by atoms with Crippen molar-refractivity contribution in [3.8, 4) is 0 Å². The summed E-state index contributed by atoms with van der Waals surface area (Å²) in [6, 6.07) is 7.71. The minimum absolute atomic E-state index is 0.148. The van der Waals surface area contributed by atoms with Crippen LogP contribution >= 0.6 is 0 Å². The molecular weight excluding hydrogens is 556 g/mol. The number of nitrogens with zero attached hydrogens (tertiary/aromatic N) is 6. The van der Waals surface area contributed by atoms with Gasteiger partial charge in [0.1, 0.15) is 36.0 Å². The van der Waals surface area contributed by atoms with Crippen LogP contribution in [-0.2, 0) is 20.6 Å². The highest BCUT2D eigenvalue weighted by molar-refractivity contribution is 5.81. The van der Waals surface area contributed by atoms with Gasteiger partial charge >= 0.3 is 0 Å². The number of fused-ring (bicyclic) bond motifs is 3. The zero-order valence-corrected chi connectivity index (χ0v) is 26.1. The normalized spacial score (nSPS) is 30.0. The van der Waals surface area contributed by atoms with E-state index in [4.69, 9.17) is 24.9 Å². The Balaban J connectivity index is 0.919. The Hall–Kier alpha value is -3.12. The zero-order chi connectivity index (χ0) is 30.2. The topological polar surface area (TPSA) is 129 Å². The molecule has 0 bridgehead atoms. The number of anilines is 1. The van der Waals surface area contributed by atoms with Crippen LogP contribution in [0.3, 0.4) is 0 Å². The molecule has 2 saturated carbocycles. The maximum Gasteiger partial charge on any atom is 0.167 e. The first-order valence-corrected chi connectivity index (χ1v) is 16.4. The Labute approximate surface area is 257 Å². The number of hydrogen-bond donors (Lipinski definition) is 2. The van der Waals surface area contributed by atoms with E-state index in [1.165, 1.54) is 49.5 Å². The monoisotopic (exact) mass is 600 g/mol. The molecule has 4 aliphatic rings. The summed E-state index contributed by atoms with van der Waals surface area (Å²) in [4.78, 5) is 24.1. The Morgan fingerprint density at radius 2 is 1.93 bits per heavy atom. The molecule has 0 spiro atoms. The molecule has 0 radical (unpaired) electrons. The second kappa shape index (κ2) is 10.8. The quantitative estimate of drug-likeness (QED) is 0.270. The van der Waals surface area contributed by atoms with E-state index in [1.54, 1.807) is 6.33 Å². The summed E-state index contributed by atoms with van der Waals surface area (Å²) >= 11 is 0. The van der Waals surface area contributed by atoms with Crippen LogP contribution in [-0.4, -0.2) is 77.1 Å². The Kier molecular flexibility index (Phi) is 6.93. The van der Waals surface area contributed by atoms with Gasteiger partial charge in [0, 0.05) is 25.0 Å². The Bertz CT molecular complexity index is 1660. The first-order valence-electron chi connectivity index (χ1n) is 16.4. The van der Waals surface area contributed by atoms with E-state index in [-0.39, 0.29) is 18.3 Å². The van der Waals surface area contributed by atoms with E-state index < -0.39 is 12.0 Å². The third-order valence-corrected chi connectivity index (χ3v) is 10.4. The number of benzene rings is 1. The molecule has 5 heterocycles. The van der Waals surface area contributed by atoms with Crippen molar-refractivity contribution in [3.05, 3.63) is 42.2 Å². The maximum atomic E-state index is 6.73. The average Bonchev–Trinajstić information content (AvgIpc) is 3.68. The van der Waals surface area contributed by atoms with Crippen molar-refractivity contribution in [1.29, 1.82) is 0 Å². The molecular formula is C33H44N8O3. The van der Waals surface area contributed by atoms with Crippen molar-refractivity contribution in [3.63, 3.8) is 0 Å². The van der Waals surface area contributed by atoms with Crippen LogP contribution in [0.2, 0.25) is 0 Å². The summed E-state index contributed by atoms with van der Waals surface area (Å²) in [5, 5.41) is 0. The van der Waals surface area contributed by atoms with Gasteiger partial charge in [-0.15, -0.1) is 0 Å². The molecule has 234 valence electrons. The third-order valence-electron chi connectivity index (χ3n) is 10.4. The fourth-order valence-electron chi connectivity index (χ4n) is 7.82. The van der Waals surface area contributed by atoms with E-state index in [1.807, 2.05) is 18.4 Å². The number of nitrogen functional groups attached to an aromatic ring is 1. The molecule has 4 fully saturated rings. The number of nitrogens with one attached hydrogen (secondary N) is 1. The van der Waals surface area contributed by atoms with Gasteiger partial charge in [0.25, 0.3) is 0 Å². The first-order chi connectivity index (χ1) is 21.2. The molecule has 3 N–H and O–H groups in total. The van der Waals surface area contributed by atoms with E-state index in [2.05, 4.69) is 56.9 Å². The lowest BCUT2D eigenvalue weighted by atomic mass is 9.76. The SMILES string of the molecule is CC(C)N(CC1O[C@@H](n2cnc3c(N)ncnc32)[C@@H]2OC(C)(C)O[C@H]12)C1CC(CCc2nc3ccc(C4CCC4)cc3[nH]2)C1. The molecule has 2 saturated heterocycles. The lowest BCUT2D eigenvalue weighted by Gasteiger charge is -2.46. The van der Waals surface area contributed by atoms with Gasteiger partial charge in [0.15, 0.2) is 23.5 Å². The summed E-state index contributed by atoms with van der Waals surface area (Å²) in [5.74, 6) is 2.23. The number of H-pyrrole nitrogens is 1. The first kappa shape index (κ1) is 28.4. The van der Waals surface area contributed by atoms with E-state index in [0.29, 0.717) is 35.0 Å². The molecule has 3 aromatic heterocycles. The third kappa shape index (κ3) is 4.98. The van der Waals surface area contributed by atoms with Crippen LogP contribution in [0.15, 0.2) is 30.9 Å². The summed E-state index contributed by atoms with van der Waals surface area (Å²) < 4.78 is 21.5. The lowest BCUT2D eigenvalue weighted by molar-refractivity contribution is -0.199. The van der Waals surface area contributed by atoms with Gasteiger partial charge in [-0.2, -0.15) is 0 Å². The molecule has 4 aromatic rings. The van der Waals surface area contributed by atoms with Gasteiger partial charge in [-0.25, -0.2) is 19.9 Å². The molecule has 1 unspecified atom stereocenters. The van der Waals surface area contributed by atoms with Crippen LogP contribution in [0, 0.1) is 5.92 Å². The van der Waals surface area contributed by atoms with Crippen molar-refractivity contribution in [2.45, 2.75) is 121 Å². The van der Waals surface area contributed by atoms with Crippen LogP contribution in [0.25, 0.3) is 22.2 Å². The number of nitrogens with two attached hydrogens (primary N) is 1. The minimum Gasteiger partial charge on any atom is -0.382 e. The van der Waals surface area contributed by atoms with Crippen molar-refractivity contribution in [1.82, 2.24) is 34.4 Å². The molecule has 2 aliphatic heterocycles. The second-order valence-electron chi connectivity index (χ2n) is 14.1. The summed E-state index contributed by atoms with van der Waals surface area (Å²) in [6.07, 6.45) is 10.7. The molecule has 4 atom stereocenters. The predicted octanol–water partition coefficient (Wildman–Crippen LogP) is 5.09. The van der Waals surface area contributed by atoms with E-state index in [9.17, 15) is 0 Å². The largest absolute Gasteiger partial charge is 0.382 e. The molecule has 1 aromatic carbocycles. The number of hydrogen-bond acceptors (Lipinski definition) is 9. The number of rotatable bonds is 9. The fourth-order valence-corrected chi connectivity index (χ4v) is 7.82. The lowest BCUT2D eigenvalue weighted by Crippen LogP contribution is -2.52. The smallest absolute Gasteiger partial charge is 0.167 e. The number of aromatic amines is 1. The Morgan fingerprint density at radius 3 is 2.70 bits per heavy atom. The van der Waals surface area contributed by atoms with Gasteiger partial charge in [-0.1, -0.05) is 12.5 Å². The summed E-state index contributed by atoms with van der Waals surface area (Å²) in [7, 11) is 0. The molecule has 11 nitrogen and oxygen atoms in total. The molecule has 0 amide bonds. The Morgan fingerprint density at radius 1 is 1.11 bits per heavy atom. The number of aryl methyl sites for hydroxylation is 1. The van der Waals surface area contributed by atoms with Gasteiger partial charge in [-0.05, 0) is 89.3 Å². The van der Waals surface area contributed by atoms with Crippen molar-refractivity contribution >= 4 is 28.0 Å². The van der Waals surface area contributed by atoms with E-state index >= 15 is 0 Å². The summed E-state index contributed by atoms with van der Waals surface area (Å²) in [6.45, 7) is 9.28. The van der Waals surface area contributed by atoms with Gasteiger partial charge < -0.3 is 24.9 Å². The number of imidazole rings is 2. The van der Waals surface area contributed by atoms with Crippen LogP contribution < -0.4 is 5.73 Å². The highest BCUT2D eigenvalue weighted by Crippen LogP contribution is 2.45. The fraction of sp³-hybridized carbons (Fsp3) is 0.636. The molecule has 8 rings (SSSR count). The van der Waals surface area contributed by atoms with Crippen molar-refractivity contribution < 1.29 is 14.2 Å². The van der Waals surface area contributed by atoms with E-state index in [0.717, 1.165) is 36.6 Å². The molecule has 2 aliphatic carbocycles. The second-order valence-corrected chi connectivity index (χ2v) is 14.1. The van der Waals surface area contributed by atoms with Crippen LogP contribution in [0.1, 0.15) is 89.8 Å². The molecule has 44 heavy (non-hydrogen) atoms. The van der Waals surface area contributed by atoms with Gasteiger partial charge in [-0.3, -0.25) is 9.47 Å². The zero-order valence-electron chi connectivity index (χ0n) is 26.1. The number of ether oxygens (including phenoxy) is 3. The summed E-state index contributed by atoms with van der Waals surface area (Å²) in [5.41, 5.74) is 11.0. The maximum absolute atomic E-state index is 6.73. The minimum atomic E-state index is -0.695. The van der Waals surface area contributed by atoms with Gasteiger partial charge in [0.2, 0.25) is 0 Å². The number of aromatic nitrogens is 6. The average molecular weight is 601 g/mol. The van der Waals surface area contributed by atoms with Crippen LogP contribution in [0.4, 0.5) is 5.82 Å². The van der Waals surface area contributed by atoms with Crippen molar-refractivity contribution in [2.24, 2.45) is 5.92 Å². The highest BCUT2D eigenvalue weighted by Gasteiger charge is 2.57. The van der Waals surface area contributed by atoms with Crippen molar-refractivity contribution in [2.75, 3.05) is 12.3 Å². The predicted molar refractivity (Wildman–Crippen MR) is 167 cm³/mol. The molecule has 11 heteroatoms. The van der Waals surface area contributed by atoms with Gasteiger partial charge in [0.05, 0.1) is 17.4 Å². The van der Waals surface area contributed by atoms with Crippen LogP contribution in [0.5, 0.6) is 0 Å². The standard InChI is InChI=1S/C33H44N8O3/c1-18(2)40(22-12-19(13-22)8-11-26-38-23-10-9-21(14-24(23)39-26)20-6-5-7-20)15-25-28-29(44-33(3,4)43-28)32(42-25)41-17-37-27-30(34)35-16-36-31(27)41/h9-10,14,16-20,22,25,28-29,32H,5-8,11-13,15H2,1-4H3,(H,38,39)(H2,34,35,36)/t19?,22?,25?,28-,29-,32-/m1/s1.